The highest BCUT2D eigenvalue weighted by atomic mass is 79.9. The molecule has 5 nitrogen and oxygen atoms in total. The second-order valence-corrected chi connectivity index (χ2v) is 15.8. The Balaban J connectivity index is 4.09. The van der Waals surface area contributed by atoms with Crippen molar-refractivity contribution in [3.05, 3.63) is 0 Å². The smallest absolute Gasteiger partial charge is 0.324 e. The normalized spacial score (nSPS) is 12.7. The van der Waals surface area contributed by atoms with E-state index in [-0.39, 0.29) is 24.4 Å². The average Bonchev–Trinajstić information content (AvgIpc) is 2.93. The van der Waals surface area contributed by atoms with Gasteiger partial charge in [-0.15, -0.1) is 0 Å². The lowest BCUT2D eigenvalue weighted by Crippen LogP contribution is -2.32. The molecule has 0 aliphatic carbocycles. The van der Waals surface area contributed by atoms with Crippen molar-refractivity contribution >= 4 is 35.1 Å². The van der Waals surface area contributed by atoms with E-state index in [0.717, 1.165) is 38.5 Å². The third-order valence-electron chi connectivity index (χ3n) is 8.34. The molecule has 0 aromatic rings. The summed E-state index contributed by atoms with van der Waals surface area (Å²) in [4.78, 5) is 45.2. The van der Waals surface area contributed by atoms with Crippen LogP contribution in [0.5, 0.6) is 0 Å². The number of Topliss-reactive ketones (excluding diaryl/α,β-unsaturated/α-hetero) is 2. The zero-order valence-electron chi connectivity index (χ0n) is 26.9. The maximum Gasteiger partial charge on any atom is 0.340 e. The van der Waals surface area contributed by atoms with Gasteiger partial charge in [-0.25, -0.2) is 0 Å². The van der Waals surface area contributed by atoms with Gasteiger partial charge in [0, 0.05) is 12.8 Å². The maximum atomic E-state index is 12.9. The molecule has 0 rings (SSSR count). The summed E-state index contributed by atoms with van der Waals surface area (Å²) in [7, 11) is -4.59. The molecule has 244 valence electrons. The van der Waals surface area contributed by atoms with Crippen LogP contribution in [-0.2, 0) is 14.2 Å². The molecule has 0 aliphatic heterocycles. The van der Waals surface area contributed by atoms with E-state index in [2.05, 4.69) is 29.8 Å². The van der Waals surface area contributed by atoms with Crippen LogP contribution in [0.2, 0.25) is 0 Å². The molecule has 0 spiro atoms. The second kappa shape index (κ2) is 28.7. The van der Waals surface area contributed by atoms with E-state index in [1.165, 1.54) is 116 Å². The lowest BCUT2D eigenvalue weighted by molar-refractivity contribution is -0.132. The number of hydrogen-bond acceptors (Lipinski definition) is 3. The molecule has 0 aromatic heterocycles. The Morgan fingerprint density at radius 2 is 0.707 bits per heavy atom. The first-order valence-corrected chi connectivity index (χ1v) is 20.1. The van der Waals surface area contributed by atoms with Gasteiger partial charge in [0.2, 0.25) is 0 Å². The molecule has 1 unspecified atom stereocenters. The Labute approximate surface area is 262 Å². The summed E-state index contributed by atoms with van der Waals surface area (Å²) in [5.41, 5.74) is 0. The summed E-state index contributed by atoms with van der Waals surface area (Å²) >= 11 is 3.02. The monoisotopic (exact) mass is 664 g/mol. The second-order valence-electron chi connectivity index (χ2n) is 12.4. The fourth-order valence-corrected chi connectivity index (χ4v) is 6.94. The first-order chi connectivity index (χ1) is 19.8. The summed E-state index contributed by atoms with van der Waals surface area (Å²) < 4.78 is 10.5. The molecule has 0 amide bonds. The van der Waals surface area contributed by atoms with Crippen LogP contribution in [0.25, 0.3) is 0 Å². The minimum absolute atomic E-state index is 0.217. The molecule has 1 atom stereocenters. The third-order valence-corrected chi connectivity index (χ3v) is 11.4. The Kier molecular flexibility index (Phi) is 28.7. The number of alkyl halides is 1. The zero-order valence-corrected chi connectivity index (χ0v) is 29.4. The summed E-state index contributed by atoms with van der Waals surface area (Å²) in [6, 6.07) is 0. The molecule has 41 heavy (non-hydrogen) atoms. The van der Waals surface area contributed by atoms with Gasteiger partial charge in [-0.05, 0) is 12.8 Å². The quantitative estimate of drug-likeness (QED) is 0.0323. The van der Waals surface area contributed by atoms with Crippen molar-refractivity contribution in [2.24, 2.45) is 5.92 Å². The van der Waals surface area contributed by atoms with Crippen molar-refractivity contribution in [2.75, 3.05) is 0 Å². The minimum Gasteiger partial charge on any atom is -0.324 e. The van der Waals surface area contributed by atoms with Crippen LogP contribution in [0.15, 0.2) is 0 Å². The molecule has 0 bridgehead atoms. The van der Waals surface area contributed by atoms with Crippen LogP contribution in [0.3, 0.4) is 0 Å². The van der Waals surface area contributed by atoms with E-state index in [4.69, 9.17) is 0 Å². The zero-order chi connectivity index (χ0) is 30.6. The summed E-state index contributed by atoms with van der Waals surface area (Å²) in [5, 5.41) is 0. The Bertz CT molecular complexity index is 624. The summed E-state index contributed by atoms with van der Waals surface area (Å²) in [6.45, 7) is 4.49. The average molecular weight is 666 g/mol. The van der Waals surface area contributed by atoms with E-state index >= 15 is 0 Å². The number of carbonyl (C=O) groups is 2. The van der Waals surface area contributed by atoms with Crippen molar-refractivity contribution in [2.45, 2.75) is 198 Å². The Morgan fingerprint density at radius 1 is 0.488 bits per heavy atom. The van der Waals surface area contributed by atoms with Crippen molar-refractivity contribution in [3.63, 3.8) is 0 Å². The van der Waals surface area contributed by atoms with E-state index in [1.54, 1.807) is 0 Å². The number of rotatable bonds is 32. The van der Waals surface area contributed by atoms with Gasteiger partial charge in [-0.1, -0.05) is 184 Å². The number of hydrogen-bond donors (Lipinski definition) is 2. The Morgan fingerprint density at radius 3 is 0.927 bits per heavy atom. The molecule has 0 heterocycles. The van der Waals surface area contributed by atoms with Crippen LogP contribution < -0.4 is 0 Å². The number of halogens is 1. The molecule has 0 radical (unpaired) electrons. The van der Waals surface area contributed by atoms with Gasteiger partial charge >= 0.3 is 7.60 Å². The lowest BCUT2D eigenvalue weighted by Gasteiger charge is -2.21. The standard InChI is InChI=1S/C34H66BrO5P/c1-3-5-7-9-11-13-15-17-19-21-23-25-27-29-31(36)33(34(35)41(38,39)40)32(37)30-28-26-24-22-20-18-16-14-12-10-8-6-4-2/h33-34H,3-30H2,1-2H3,(H2,38,39,40). The number of ketones is 2. The predicted molar refractivity (Wildman–Crippen MR) is 179 cm³/mol. The van der Waals surface area contributed by atoms with Gasteiger partial charge in [0.15, 0.2) is 0 Å². The maximum absolute atomic E-state index is 12.9. The molecular formula is C34H66BrO5P. The molecule has 2 N–H and O–H groups in total. The van der Waals surface area contributed by atoms with Crippen molar-refractivity contribution < 1.29 is 23.9 Å². The predicted octanol–water partition coefficient (Wildman–Crippen LogP) is 11.6. The molecule has 0 fully saturated rings. The Hall–Kier alpha value is -0.0300. The first kappa shape index (κ1) is 41.0. The first-order valence-electron chi connectivity index (χ1n) is 17.5. The van der Waals surface area contributed by atoms with Gasteiger partial charge in [0.25, 0.3) is 0 Å². The molecule has 7 heteroatoms. The van der Waals surface area contributed by atoms with Crippen LogP contribution >= 0.6 is 23.5 Å². The van der Waals surface area contributed by atoms with E-state index in [0.29, 0.717) is 12.8 Å². The van der Waals surface area contributed by atoms with Gasteiger partial charge in [0.05, 0.1) is 0 Å². The third kappa shape index (κ3) is 25.0. The fraction of sp³-hybridized carbons (Fsp3) is 0.941. The molecular weight excluding hydrogens is 599 g/mol. The minimum atomic E-state index is -4.59. The number of carbonyl (C=O) groups excluding carboxylic acids is 2. The largest absolute Gasteiger partial charge is 0.340 e. The topological polar surface area (TPSA) is 91.7 Å². The van der Waals surface area contributed by atoms with Gasteiger partial charge < -0.3 is 9.79 Å². The van der Waals surface area contributed by atoms with Crippen molar-refractivity contribution in [3.8, 4) is 0 Å². The summed E-state index contributed by atoms with van der Waals surface area (Å²) in [5.74, 6) is -1.89. The number of unbranched alkanes of at least 4 members (excludes halogenated alkanes) is 24. The van der Waals surface area contributed by atoms with E-state index < -0.39 is 18.1 Å². The van der Waals surface area contributed by atoms with E-state index in [1.807, 2.05) is 0 Å². The van der Waals surface area contributed by atoms with Crippen LogP contribution in [0.1, 0.15) is 194 Å². The van der Waals surface area contributed by atoms with Crippen molar-refractivity contribution in [1.29, 1.82) is 0 Å². The van der Waals surface area contributed by atoms with Crippen molar-refractivity contribution in [1.82, 2.24) is 0 Å². The highest BCUT2D eigenvalue weighted by Gasteiger charge is 2.41. The molecule has 0 aromatic carbocycles. The SMILES string of the molecule is CCCCCCCCCCCCCCCC(=O)C(C(=O)CCCCCCCCCCCCCCC)C(Br)P(=O)(O)O. The molecule has 0 saturated heterocycles. The van der Waals surface area contributed by atoms with Gasteiger partial charge in [-0.2, -0.15) is 0 Å². The fourth-order valence-electron chi connectivity index (χ4n) is 5.63. The van der Waals surface area contributed by atoms with Gasteiger partial charge in [0.1, 0.15) is 22.1 Å². The van der Waals surface area contributed by atoms with E-state index in [9.17, 15) is 23.9 Å². The molecule has 0 aliphatic rings. The van der Waals surface area contributed by atoms with Crippen LogP contribution in [0.4, 0.5) is 0 Å². The highest BCUT2D eigenvalue weighted by molar-refractivity contribution is 9.10. The molecule has 0 saturated carbocycles. The lowest BCUT2D eigenvalue weighted by atomic mass is 9.93. The summed E-state index contributed by atoms with van der Waals surface area (Å²) in [6.07, 6.45) is 31.8. The highest BCUT2D eigenvalue weighted by Crippen LogP contribution is 2.49. The van der Waals surface area contributed by atoms with Crippen LogP contribution in [0, 0.1) is 5.92 Å². The van der Waals surface area contributed by atoms with Gasteiger partial charge in [-0.3, -0.25) is 14.2 Å². The van der Waals surface area contributed by atoms with Crippen LogP contribution in [-0.4, -0.2) is 25.9 Å².